The lowest BCUT2D eigenvalue weighted by atomic mass is 10.2. The molecule has 0 saturated carbocycles. The largest absolute Gasteiger partial charge is 0.493 e. The van der Waals surface area contributed by atoms with E-state index in [0.29, 0.717) is 31.6 Å². The zero-order chi connectivity index (χ0) is 22.1. The molecule has 156 valence electrons. The number of hydrogen-bond acceptors (Lipinski definition) is 5. The van der Waals surface area contributed by atoms with Crippen molar-refractivity contribution in [2.75, 3.05) is 13.7 Å². The quantitative estimate of drug-likeness (QED) is 0.307. The van der Waals surface area contributed by atoms with Crippen LogP contribution in [0.4, 0.5) is 0 Å². The van der Waals surface area contributed by atoms with Gasteiger partial charge in [0, 0.05) is 4.47 Å². The molecule has 2 amide bonds. The third kappa shape index (κ3) is 6.34. The Morgan fingerprint density at radius 1 is 1.27 bits per heavy atom. The number of methoxy groups -OCH3 is 1. The first-order valence-electron chi connectivity index (χ1n) is 8.69. The molecular weight excluding hydrogens is 518 g/mol. The summed E-state index contributed by atoms with van der Waals surface area (Å²) in [7, 11) is 1.50. The molecule has 0 saturated heterocycles. The number of rotatable bonds is 8. The highest BCUT2D eigenvalue weighted by atomic mass is 79.9. The van der Waals surface area contributed by atoms with Crippen molar-refractivity contribution >= 4 is 49.9 Å². The minimum absolute atomic E-state index is 0.0988. The monoisotopic (exact) mass is 535 g/mol. The average molecular weight is 537 g/mol. The van der Waals surface area contributed by atoms with Crippen LogP contribution in [0.15, 0.2) is 50.4 Å². The van der Waals surface area contributed by atoms with Crippen LogP contribution in [0.2, 0.25) is 0 Å². The summed E-state index contributed by atoms with van der Waals surface area (Å²) in [6.07, 6.45) is 6.66. The molecule has 0 bridgehead atoms. The highest BCUT2D eigenvalue weighted by molar-refractivity contribution is 9.10. The molecule has 1 unspecified atom stereocenters. The van der Waals surface area contributed by atoms with Gasteiger partial charge in [-0.2, -0.15) is 5.10 Å². The Labute approximate surface area is 191 Å². The van der Waals surface area contributed by atoms with Gasteiger partial charge in [-0.25, -0.2) is 5.43 Å². The molecule has 0 aromatic heterocycles. The van der Waals surface area contributed by atoms with E-state index in [9.17, 15) is 9.59 Å². The molecule has 0 spiro atoms. The lowest BCUT2D eigenvalue weighted by Crippen LogP contribution is -2.43. The van der Waals surface area contributed by atoms with Gasteiger partial charge in [-0.3, -0.25) is 9.59 Å². The van der Waals surface area contributed by atoms with Crippen molar-refractivity contribution in [1.29, 1.82) is 0 Å². The molecule has 2 rings (SSSR count). The van der Waals surface area contributed by atoms with E-state index in [1.807, 2.05) is 0 Å². The summed E-state index contributed by atoms with van der Waals surface area (Å²) >= 11 is 6.70. The molecule has 9 heteroatoms. The fourth-order valence-corrected chi connectivity index (χ4v) is 3.36. The summed E-state index contributed by atoms with van der Waals surface area (Å²) < 4.78 is 12.0. The maximum Gasteiger partial charge on any atom is 0.262 e. The summed E-state index contributed by atoms with van der Waals surface area (Å²) in [4.78, 5) is 24.5. The van der Waals surface area contributed by atoms with Crippen LogP contribution < -0.4 is 20.2 Å². The number of ether oxygens (including phenoxy) is 2. The topological polar surface area (TPSA) is 89.0 Å². The van der Waals surface area contributed by atoms with Crippen molar-refractivity contribution in [1.82, 2.24) is 10.7 Å². The van der Waals surface area contributed by atoms with E-state index in [1.165, 1.54) is 13.3 Å². The zero-order valence-electron chi connectivity index (χ0n) is 16.2. The number of amides is 2. The van der Waals surface area contributed by atoms with Gasteiger partial charge < -0.3 is 14.8 Å². The lowest BCUT2D eigenvalue weighted by Gasteiger charge is -2.13. The normalized spacial score (nSPS) is 11.4. The Balaban J connectivity index is 2.00. The Morgan fingerprint density at radius 3 is 2.67 bits per heavy atom. The van der Waals surface area contributed by atoms with Crippen LogP contribution in [0.3, 0.4) is 0 Å². The number of hydrazone groups is 1. The van der Waals surface area contributed by atoms with E-state index in [2.05, 4.69) is 53.6 Å². The number of benzene rings is 2. The summed E-state index contributed by atoms with van der Waals surface area (Å²) in [6.45, 7) is 1.67. The predicted molar refractivity (Wildman–Crippen MR) is 122 cm³/mol. The van der Waals surface area contributed by atoms with E-state index in [-0.39, 0.29) is 12.5 Å². The molecule has 0 radical (unpaired) electrons. The van der Waals surface area contributed by atoms with E-state index >= 15 is 0 Å². The summed E-state index contributed by atoms with van der Waals surface area (Å²) in [5.41, 5.74) is 3.48. The Kier molecular flexibility index (Phi) is 8.89. The number of carbonyl (C=O) groups excluding carboxylic acids is 2. The molecule has 0 aliphatic heterocycles. The molecule has 0 heterocycles. The van der Waals surface area contributed by atoms with Crippen molar-refractivity contribution in [2.45, 2.75) is 13.0 Å². The number of nitrogens with one attached hydrogen (secondary N) is 2. The van der Waals surface area contributed by atoms with Crippen LogP contribution in [0.5, 0.6) is 11.5 Å². The van der Waals surface area contributed by atoms with E-state index in [1.54, 1.807) is 43.3 Å². The number of carbonyl (C=O) groups is 2. The number of nitrogens with zero attached hydrogens (tertiary/aromatic N) is 1. The van der Waals surface area contributed by atoms with Gasteiger partial charge in [-0.1, -0.05) is 18.1 Å². The first kappa shape index (κ1) is 23.4. The molecule has 2 aromatic carbocycles. The van der Waals surface area contributed by atoms with Crippen LogP contribution in [0.25, 0.3) is 0 Å². The van der Waals surface area contributed by atoms with Crippen molar-refractivity contribution in [2.24, 2.45) is 5.10 Å². The molecule has 2 N–H and O–H groups in total. The molecule has 30 heavy (non-hydrogen) atoms. The van der Waals surface area contributed by atoms with Crippen molar-refractivity contribution < 1.29 is 19.1 Å². The summed E-state index contributed by atoms with van der Waals surface area (Å²) in [5, 5.41) is 6.56. The van der Waals surface area contributed by atoms with Crippen LogP contribution in [0, 0.1) is 12.3 Å². The number of halogens is 2. The van der Waals surface area contributed by atoms with Crippen LogP contribution >= 0.6 is 31.9 Å². The SMILES string of the molecule is C#CCOc1c(Br)cc(C=NNC(=O)C(C)NC(=O)c2ccccc2Br)cc1OC. The minimum Gasteiger partial charge on any atom is -0.493 e. The molecule has 7 nitrogen and oxygen atoms in total. The van der Waals surface area contributed by atoms with Gasteiger partial charge in [-0.05, 0) is 68.6 Å². The second-order valence-corrected chi connectivity index (χ2v) is 7.64. The van der Waals surface area contributed by atoms with Gasteiger partial charge in [0.25, 0.3) is 11.8 Å². The zero-order valence-corrected chi connectivity index (χ0v) is 19.4. The van der Waals surface area contributed by atoms with Crippen molar-refractivity contribution in [3.63, 3.8) is 0 Å². The highest BCUT2D eigenvalue weighted by Gasteiger charge is 2.17. The maximum atomic E-state index is 12.3. The van der Waals surface area contributed by atoms with Gasteiger partial charge in [0.15, 0.2) is 11.5 Å². The van der Waals surface area contributed by atoms with Crippen molar-refractivity contribution in [3.8, 4) is 23.8 Å². The molecule has 0 fully saturated rings. The maximum absolute atomic E-state index is 12.3. The minimum atomic E-state index is -0.789. The smallest absolute Gasteiger partial charge is 0.262 e. The first-order chi connectivity index (χ1) is 14.4. The van der Waals surface area contributed by atoms with Crippen LogP contribution in [-0.4, -0.2) is 37.8 Å². The van der Waals surface area contributed by atoms with Gasteiger partial charge in [0.05, 0.1) is 23.4 Å². The Bertz CT molecular complexity index is 1000. The summed E-state index contributed by atoms with van der Waals surface area (Å²) in [5.74, 6) is 2.48. The van der Waals surface area contributed by atoms with Gasteiger partial charge in [0.2, 0.25) is 0 Å². The van der Waals surface area contributed by atoms with Crippen molar-refractivity contribution in [3.05, 3.63) is 56.5 Å². The van der Waals surface area contributed by atoms with E-state index in [4.69, 9.17) is 15.9 Å². The van der Waals surface area contributed by atoms with Crippen LogP contribution in [-0.2, 0) is 4.79 Å². The Morgan fingerprint density at radius 2 is 2.00 bits per heavy atom. The van der Waals surface area contributed by atoms with Gasteiger partial charge in [-0.15, -0.1) is 6.42 Å². The standard InChI is InChI=1S/C21H19Br2N3O4/c1-4-9-30-19-17(23)10-14(11-18(19)29-3)12-24-26-20(27)13(2)25-21(28)15-7-5-6-8-16(15)22/h1,5-8,10-13H,9H2,2-3H3,(H,25,28)(H,26,27). The second-order valence-electron chi connectivity index (χ2n) is 5.94. The van der Waals surface area contributed by atoms with Crippen LogP contribution in [0.1, 0.15) is 22.8 Å². The fraction of sp³-hybridized carbons (Fsp3) is 0.190. The molecule has 0 aliphatic carbocycles. The average Bonchev–Trinajstić information content (AvgIpc) is 2.72. The van der Waals surface area contributed by atoms with E-state index < -0.39 is 11.9 Å². The second kappa shape index (κ2) is 11.4. The number of hydrogen-bond donors (Lipinski definition) is 2. The lowest BCUT2D eigenvalue weighted by molar-refractivity contribution is -0.122. The molecule has 0 aliphatic rings. The van der Waals surface area contributed by atoms with E-state index in [0.717, 1.165) is 0 Å². The Hall–Kier alpha value is -2.83. The predicted octanol–water partition coefficient (Wildman–Crippen LogP) is 3.50. The molecular formula is C21H19Br2N3O4. The van der Waals surface area contributed by atoms with Gasteiger partial charge >= 0.3 is 0 Å². The van der Waals surface area contributed by atoms with Gasteiger partial charge in [0.1, 0.15) is 12.6 Å². The summed E-state index contributed by atoms with van der Waals surface area (Å²) in [6, 6.07) is 9.58. The molecule has 1 atom stereocenters. The fourth-order valence-electron chi connectivity index (χ4n) is 2.32. The highest BCUT2D eigenvalue weighted by Crippen LogP contribution is 2.36. The molecule has 2 aromatic rings. The number of terminal acetylenes is 1. The third-order valence-corrected chi connectivity index (χ3v) is 5.08. The first-order valence-corrected chi connectivity index (χ1v) is 10.3. The third-order valence-electron chi connectivity index (χ3n) is 3.80.